The van der Waals surface area contributed by atoms with Gasteiger partial charge in [0.05, 0.1) is 5.69 Å². The van der Waals surface area contributed by atoms with Crippen LogP contribution in [-0.2, 0) is 6.42 Å². The van der Waals surface area contributed by atoms with Crippen molar-refractivity contribution in [2.24, 2.45) is 5.73 Å². The summed E-state index contributed by atoms with van der Waals surface area (Å²) < 4.78 is 1.12. The molecule has 0 saturated heterocycles. The van der Waals surface area contributed by atoms with Crippen LogP contribution in [0.3, 0.4) is 0 Å². The van der Waals surface area contributed by atoms with Gasteiger partial charge in [0.2, 0.25) is 0 Å². The third-order valence-electron chi connectivity index (χ3n) is 4.17. The summed E-state index contributed by atoms with van der Waals surface area (Å²) in [4.78, 5) is 3.66. The zero-order chi connectivity index (χ0) is 15.5. The molecule has 1 heterocycles. The Morgan fingerprint density at radius 1 is 1.05 bits per heavy atom. The maximum absolute atomic E-state index is 5.66. The smallest absolute Gasteiger partial charge is 0.0508 e. The molecule has 0 bridgehead atoms. The number of aromatic nitrogens is 1. The van der Waals surface area contributed by atoms with E-state index in [0.717, 1.165) is 30.3 Å². The highest BCUT2D eigenvalue weighted by atomic mass is 79.9. The number of unbranched alkanes of at least 4 members (excludes halogenated alkanes) is 1. The highest BCUT2D eigenvalue weighted by Gasteiger charge is 2.15. The van der Waals surface area contributed by atoms with Crippen molar-refractivity contribution in [2.45, 2.75) is 26.2 Å². The number of nitrogens with two attached hydrogens (primary N) is 1. The number of hydrogen-bond donors (Lipinski definition) is 2. The Morgan fingerprint density at radius 3 is 2.64 bits per heavy atom. The maximum atomic E-state index is 5.66. The number of halogens is 1. The Balaban J connectivity index is 2.17. The SMILES string of the molecule is Cc1cccc2c(CCCCN)c(-c3ccccc3Br)[nH]c12. The number of rotatable bonds is 5. The lowest BCUT2D eigenvalue weighted by molar-refractivity contribution is 0.748. The Labute approximate surface area is 139 Å². The fourth-order valence-electron chi connectivity index (χ4n) is 3.02. The van der Waals surface area contributed by atoms with Crippen LogP contribution in [0.1, 0.15) is 24.0 Å². The van der Waals surface area contributed by atoms with Crippen molar-refractivity contribution in [3.05, 3.63) is 58.1 Å². The van der Waals surface area contributed by atoms with Gasteiger partial charge in [-0.15, -0.1) is 0 Å². The van der Waals surface area contributed by atoms with Crippen LogP contribution in [0.4, 0.5) is 0 Å². The molecule has 0 aliphatic carbocycles. The lowest BCUT2D eigenvalue weighted by Crippen LogP contribution is -1.99. The van der Waals surface area contributed by atoms with E-state index in [-0.39, 0.29) is 0 Å². The maximum Gasteiger partial charge on any atom is 0.0508 e. The molecule has 0 radical (unpaired) electrons. The lowest BCUT2D eigenvalue weighted by Gasteiger charge is -2.07. The molecular formula is C19H21BrN2. The fraction of sp³-hybridized carbons (Fsp3) is 0.263. The zero-order valence-electron chi connectivity index (χ0n) is 12.8. The molecule has 2 nitrogen and oxygen atoms in total. The number of H-pyrrole nitrogens is 1. The van der Waals surface area contributed by atoms with Crippen LogP contribution in [-0.4, -0.2) is 11.5 Å². The third-order valence-corrected chi connectivity index (χ3v) is 4.87. The first-order chi connectivity index (χ1) is 10.7. The number of para-hydroxylation sites is 1. The normalized spacial score (nSPS) is 11.2. The van der Waals surface area contributed by atoms with Crippen LogP contribution in [0.15, 0.2) is 46.9 Å². The molecule has 3 rings (SSSR count). The molecule has 0 aliphatic heterocycles. The van der Waals surface area contributed by atoms with E-state index in [0.29, 0.717) is 0 Å². The van der Waals surface area contributed by atoms with Gasteiger partial charge in [-0.2, -0.15) is 0 Å². The number of nitrogens with one attached hydrogen (secondary N) is 1. The van der Waals surface area contributed by atoms with Gasteiger partial charge in [-0.3, -0.25) is 0 Å². The van der Waals surface area contributed by atoms with Gasteiger partial charge in [-0.25, -0.2) is 0 Å². The summed E-state index contributed by atoms with van der Waals surface area (Å²) in [6.07, 6.45) is 3.24. The van der Waals surface area contributed by atoms with E-state index < -0.39 is 0 Å². The highest BCUT2D eigenvalue weighted by Crippen LogP contribution is 2.36. The minimum Gasteiger partial charge on any atom is -0.354 e. The second kappa shape index (κ2) is 6.67. The van der Waals surface area contributed by atoms with Crippen LogP contribution in [0.25, 0.3) is 22.2 Å². The molecule has 2 aromatic carbocycles. The van der Waals surface area contributed by atoms with E-state index in [2.05, 4.69) is 70.3 Å². The van der Waals surface area contributed by atoms with E-state index in [1.54, 1.807) is 0 Å². The Morgan fingerprint density at radius 2 is 1.86 bits per heavy atom. The molecule has 3 heteroatoms. The van der Waals surface area contributed by atoms with Gasteiger partial charge < -0.3 is 10.7 Å². The van der Waals surface area contributed by atoms with Crippen molar-refractivity contribution in [3.8, 4) is 11.3 Å². The molecule has 114 valence electrons. The van der Waals surface area contributed by atoms with E-state index >= 15 is 0 Å². The molecule has 3 N–H and O–H groups in total. The molecule has 3 aromatic rings. The van der Waals surface area contributed by atoms with Gasteiger partial charge in [0.1, 0.15) is 0 Å². The summed E-state index contributed by atoms with van der Waals surface area (Å²) in [6.45, 7) is 2.91. The molecule has 0 aliphatic rings. The van der Waals surface area contributed by atoms with E-state index in [4.69, 9.17) is 5.73 Å². The van der Waals surface area contributed by atoms with Crippen molar-refractivity contribution < 1.29 is 0 Å². The molecule has 1 aromatic heterocycles. The fourth-order valence-corrected chi connectivity index (χ4v) is 3.50. The average molecular weight is 357 g/mol. The predicted octanol–water partition coefficient (Wildman–Crippen LogP) is 5.19. The Kier molecular flexibility index (Phi) is 4.65. The van der Waals surface area contributed by atoms with Gasteiger partial charge in [0.25, 0.3) is 0 Å². The topological polar surface area (TPSA) is 41.8 Å². The van der Waals surface area contributed by atoms with Gasteiger partial charge in [-0.1, -0.05) is 52.3 Å². The number of hydrogen-bond acceptors (Lipinski definition) is 1. The standard InChI is InChI=1S/C19H21BrN2/c1-13-7-6-10-14-15(8-4-5-12-21)19(22-18(13)14)16-9-2-3-11-17(16)20/h2-3,6-7,9-11,22H,4-5,8,12,21H2,1H3. The van der Waals surface area contributed by atoms with Crippen LogP contribution < -0.4 is 5.73 Å². The van der Waals surface area contributed by atoms with Gasteiger partial charge in [-0.05, 0) is 49.9 Å². The molecule has 0 unspecified atom stereocenters. The lowest BCUT2D eigenvalue weighted by atomic mass is 9.99. The summed E-state index contributed by atoms with van der Waals surface area (Å²) in [5, 5.41) is 1.34. The molecule has 0 spiro atoms. The molecule has 0 fully saturated rings. The van der Waals surface area contributed by atoms with Crippen molar-refractivity contribution in [3.63, 3.8) is 0 Å². The number of benzene rings is 2. The zero-order valence-corrected chi connectivity index (χ0v) is 14.4. The van der Waals surface area contributed by atoms with Crippen molar-refractivity contribution in [2.75, 3.05) is 6.54 Å². The van der Waals surface area contributed by atoms with Gasteiger partial charge >= 0.3 is 0 Å². The second-order valence-electron chi connectivity index (χ2n) is 5.70. The number of fused-ring (bicyclic) bond motifs is 1. The largest absolute Gasteiger partial charge is 0.354 e. The first-order valence-electron chi connectivity index (χ1n) is 7.77. The Bertz CT molecular complexity index is 789. The molecule has 0 amide bonds. The molecule has 0 saturated carbocycles. The van der Waals surface area contributed by atoms with Crippen LogP contribution in [0, 0.1) is 6.92 Å². The monoisotopic (exact) mass is 356 g/mol. The van der Waals surface area contributed by atoms with Crippen LogP contribution in [0.2, 0.25) is 0 Å². The highest BCUT2D eigenvalue weighted by molar-refractivity contribution is 9.10. The van der Waals surface area contributed by atoms with Gasteiger partial charge in [0, 0.05) is 20.9 Å². The molecule has 22 heavy (non-hydrogen) atoms. The predicted molar refractivity (Wildman–Crippen MR) is 98.2 cm³/mol. The van der Waals surface area contributed by atoms with Gasteiger partial charge in [0.15, 0.2) is 0 Å². The first kappa shape index (κ1) is 15.3. The van der Waals surface area contributed by atoms with E-state index in [1.165, 1.54) is 33.3 Å². The van der Waals surface area contributed by atoms with E-state index in [1.807, 2.05) is 0 Å². The minimum absolute atomic E-state index is 0.756. The number of aromatic amines is 1. The summed E-state index contributed by atoms with van der Waals surface area (Å²) in [6, 6.07) is 14.9. The van der Waals surface area contributed by atoms with Crippen molar-refractivity contribution in [1.82, 2.24) is 4.98 Å². The van der Waals surface area contributed by atoms with E-state index in [9.17, 15) is 0 Å². The summed E-state index contributed by atoms with van der Waals surface area (Å²) >= 11 is 3.68. The van der Waals surface area contributed by atoms with Crippen molar-refractivity contribution in [1.29, 1.82) is 0 Å². The van der Waals surface area contributed by atoms with Crippen molar-refractivity contribution >= 4 is 26.8 Å². The average Bonchev–Trinajstić information content (AvgIpc) is 2.88. The van der Waals surface area contributed by atoms with Crippen LogP contribution in [0.5, 0.6) is 0 Å². The number of aryl methyl sites for hydroxylation is 2. The van der Waals surface area contributed by atoms with Crippen LogP contribution >= 0.6 is 15.9 Å². The minimum atomic E-state index is 0.756. The summed E-state index contributed by atoms with van der Waals surface area (Å²) in [7, 11) is 0. The third kappa shape index (κ3) is 2.83. The second-order valence-corrected chi connectivity index (χ2v) is 6.56. The summed E-state index contributed by atoms with van der Waals surface area (Å²) in [5.74, 6) is 0. The first-order valence-corrected chi connectivity index (χ1v) is 8.57. The summed E-state index contributed by atoms with van der Waals surface area (Å²) in [5.41, 5.74) is 12.1. The quantitative estimate of drug-likeness (QED) is 0.607. The Hall–Kier alpha value is -1.58. The molecular weight excluding hydrogens is 336 g/mol. The molecule has 0 atom stereocenters.